The summed E-state index contributed by atoms with van der Waals surface area (Å²) < 4.78 is 1.18. The molecule has 0 saturated heterocycles. The Hall–Kier alpha value is -1.12. The van der Waals surface area contributed by atoms with Crippen LogP contribution in [0.3, 0.4) is 0 Å². The van der Waals surface area contributed by atoms with Gasteiger partial charge in [-0.1, -0.05) is 70.4 Å². The van der Waals surface area contributed by atoms with Crippen molar-refractivity contribution in [2.45, 2.75) is 33.2 Å². The molecule has 0 aromatic heterocycles. The first-order chi connectivity index (χ1) is 9.60. The fraction of sp³-hybridized carbons (Fsp3) is 0.333. The summed E-state index contributed by atoms with van der Waals surface area (Å²) in [5.74, 6) is 0. The van der Waals surface area contributed by atoms with Crippen LogP contribution in [-0.2, 0) is 6.42 Å². The predicted molar refractivity (Wildman–Crippen MR) is 90.2 cm³/mol. The number of hydrogen-bond donors (Lipinski definition) is 1. The minimum Gasteiger partial charge on any atom is -0.310 e. The maximum absolute atomic E-state index is 3.67. The molecule has 0 amide bonds. The van der Waals surface area contributed by atoms with E-state index in [4.69, 9.17) is 0 Å². The third-order valence-corrected chi connectivity index (χ3v) is 4.17. The zero-order valence-electron chi connectivity index (χ0n) is 12.4. The lowest BCUT2D eigenvalue weighted by molar-refractivity contribution is 0.547. The van der Waals surface area contributed by atoms with Gasteiger partial charge in [0.25, 0.3) is 0 Å². The molecule has 0 aliphatic heterocycles. The van der Waals surface area contributed by atoms with Crippen molar-refractivity contribution in [1.29, 1.82) is 0 Å². The van der Waals surface area contributed by atoms with E-state index in [9.17, 15) is 0 Å². The van der Waals surface area contributed by atoms with Crippen molar-refractivity contribution in [2.75, 3.05) is 6.54 Å². The SMILES string of the molecule is CCNC(Cc1cc(C)cc(C)c1)c1ccccc1Br. The lowest BCUT2D eigenvalue weighted by atomic mass is 9.96. The summed E-state index contributed by atoms with van der Waals surface area (Å²) in [6.07, 6.45) is 1.01. The Morgan fingerprint density at radius 1 is 1.05 bits per heavy atom. The van der Waals surface area contributed by atoms with E-state index in [1.807, 2.05) is 0 Å². The second-order valence-electron chi connectivity index (χ2n) is 5.33. The fourth-order valence-corrected chi connectivity index (χ4v) is 3.28. The molecule has 0 spiro atoms. The van der Waals surface area contributed by atoms with E-state index >= 15 is 0 Å². The molecule has 1 atom stereocenters. The van der Waals surface area contributed by atoms with Gasteiger partial charge in [-0.25, -0.2) is 0 Å². The quantitative estimate of drug-likeness (QED) is 0.816. The van der Waals surface area contributed by atoms with Crippen LogP contribution in [0.4, 0.5) is 0 Å². The van der Waals surface area contributed by atoms with E-state index in [1.165, 1.54) is 26.7 Å². The number of rotatable bonds is 5. The van der Waals surface area contributed by atoms with Gasteiger partial charge in [0.05, 0.1) is 0 Å². The third-order valence-electron chi connectivity index (χ3n) is 3.45. The number of nitrogens with one attached hydrogen (secondary N) is 1. The average molecular weight is 332 g/mol. The van der Waals surface area contributed by atoms with Crippen LogP contribution in [-0.4, -0.2) is 6.54 Å². The van der Waals surface area contributed by atoms with Crippen molar-refractivity contribution in [1.82, 2.24) is 5.32 Å². The Bertz CT molecular complexity index is 557. The molecular weight excluding hydrogens is 310 g/mol. The molecule has 1 N–H and O–H groups in total. The highest BCUT2D eigenvalue weighted by molar-refractivity contribution is 9.10. The Morgan fingerprint density at radius 3 is 2.30 bits per heavy atom. The molecule has 0 saturated carbocycles. The highest BCUT2D eigenvalue weighted by Gasteiger charge is 2.14. The van der Waals surface area contributed by atoms with Gasteiger partial charge in [0.15, 0.2) is 0 Å². The lowest BCUT2D eigenvalue weighted by Crippen LogP contribution is -2.23. The van der Waals surface area contributed by atoms with E-state index in [1.54, 1.807) is 0 Å². The van der Waals surface area contributed by atoms with Gasteiger partial charge >= 0.3 is 0 Å². The first-order valence-corrected chi connectivity index (χ1v) is 7.94. The van der Waals surface area contributed by atoms with Crippen molar-refractivity contribution < 1.29 is 0 Å². The van der Waals surface area contributed by atoms with Crippen LogP contribution in [0.5, 0.6) is 0 Å². The summed E-state index contributed by atoms with van der Waals surface area (Å²) in [4.78, 5) is 0. The monoisotopic (exact) mass is 331 g/mol. The molecule has 0 aliphatic carbocycles. The van der Waals surface area contributed by atoms with Gasteiger partial charge < -0.3 is 5.32 Å². The Balaban J connectivity index is 2.28. The van der Waals surface area contributed by atoms with Crippen LogP contribution in [0.25, 0.3) is 0 Å². The molecule has 20 heavy (non-hydrogen) atoms. The van der Waals surface area contributed by atoms with Crippen LogP contribution in [0, 0.1) is 13.8 Å². The molecule has 0 fully saturated rings. The molecule has 0 aliphatic rings. The molecular formula is C18H22BrN. The summed E-state index contributed by atoms with van der Waals surface area (Å²) in [5.41, 5.74) is 5.39. The van der Waals surface area contributed by atoms with E-state index in [0.717, 1.165) is 13.0 Å². The van der Waals surface area contributed by atoms with Crippen molar-refractivity contribution in [3.63, 3.8) is 0 Å². The summed E-state index contributed by atoms with van der Waals surface area (Å²) in [6, 6.07) is 15.6. The van der Waals surface area contributed by atoms with Gasteiger partial charge in [0.2, 0.25) is 0 Å². The van der Waals surface area contributed by atoms with Crippen LogP contribution in [0.1, 0.15) is 35.2 Å². The maximum atomic E-state index is 3.67. The fourth-order valence-electron chi connectivity index (χ4n) is 2.72. The number of halogens is 1. The van der Waals surface area contributed by atoms with Gasteiger partial charge in [0, 0.05) is 10.5 Å². The van der Waals surface area contributed by atoms with Gasteiger partial charge in [0.1, 0.15) is 0 Å². The normalized spacial score (nSPS) is 12.4. The van der Waals surface area contributed by atoms with Crippen molar-refractivity contribution >= 4 is 15.9 Å². The van der Waals surface area contributed by atoms with Gasteiger partial charge in [-0.3, -0.25) is 0 Å². The van der Waals surface area contributed by atoms with Gasteiger partial charge in [-0.2, -0.15) is 0 Å². The van der Waals surface area contributed by atoms with E-state index in [2.05, 4.69) is 84.5 Å². The molecule has 1 nitrogen and oxygen atoms in total. The second kappa shape index (κ2) is 7.05. The molecule has 0 radical (unpaired) electrons. The van der Waals surface area contributed by atoms with Gasteiger partial charge in [-0.05, 0) is 44.0 Å². The lowest BCUT2D eigenvalue weighted by Gasteiger charge is -2.20. The number of likely N-dealkylation sites (N-methyl/N-ethyl adjacent to an activating group) is 1. The molecule has 2 heteroatoms. The number of hydrogen-bond acceptors (Lipinski definition) is 1. The highest BCUT2D eigenvalue weighted by atomic mass is 79.9. The highest BCUT2D eigenvalue weighted by Crippen LogP contribution is 2.26. The smallest absolute Gasteiger partial charge is 0.0372 e. The molecule has 106 valence electrons. The van der Waals surface area contributed by atoms with Crippen LogP contribution < -0.4 is 5.32 Å². The third kappa shape index (κ3) is 3.94. The van der Waals surface area contributed by atoms with Crippen molar-refractivity contribution in [3.05, 3.63) is 69.2 Å². The summed E-state index contributed by atoms with van der Waals surface area (Å²) >= 11 is 3.67. The van der Waals surface area contributed by atoms with Crippen LogP contribution in [0.15, 0.2) is 46.9 Å². The zero-order chi connectivity index (χ0) is 14.5. The largest absolute Gasteiger partial charge is 0.310 e. The standard InChI is InChI=1S/C18H22BrN/c1-4-20-18(16-7-5-6-8-17(16)19)12-15-10-13(2)9-14(3)11-15/h5-11,18,20H,4,12H2,1-3H3. The average Bonchev–Trinajstić information content (AvgIpc) is 2.37. The van der Waals surface area contributed by atoms with E-state index in [-0.39, 0.29) is 0 Å². The predicted octanol–water partition coefficient (Wildman–Crippen LogP) is 4.96. The van der Waals surface area contributed by atoms with Crippen molar-refractivity contribution in [3.8, 4) is 0 Å². The van der Waals surface area contributed by atoms with E-state index in [0.29, 0.717) is 6.04 Å². The first-order valence-electron chi connectivity index (χ1n) is 7.15. The Kier molecular flexibility index (Phi) is 5.38. The minimum absolute atomic E-state index is 0.344. The molecule has 0 bridgehead atoms. The molecule has 2 rings (SSSR count). The van der Waals surface area contributed by atoms with Crippen LogP contribution >= 0.6 is 15.9 Å². The van der Waals surface area contributed by atoms with Crippen molar-refractivity contribution in [2.24, 2.45) is 0 Å². The zero-order valence-corrected chi connectivity index (χ0v) is 14.0. The molecule has 2 aromatic carbocycles. The van der Waals surface area contributed by atoms with Crippen LogP contribution in [0.2, 0.25) is 0 Å². The summed E-state index contributed by atoms with van der Waals surface area (Å²) in [5, 5.41) is 3.60. The maximum Gasteiger partial charge on any atom is 0.0372 e. The number of benzene rings is 2. The second-order valence-corrected chi connectivity index (χ2v) is 6.19. The Labute approximate surface area is 130 Å². The van der Waals surface area contributed by atoms with Gasteiger partial charge in [-0.15, -0.1) is 0 Å². The number of aryl methyl sites for hydroxylation is 2. The minimum atomic E-state index is 0.344. The topological polar surface area (TPSA) is 12.0 Å². The van der Waals surface area contributed by atoms with E-state index < -0.39 is 0 Å². The Morgan fingerprint density at radius 2 is 1.70 bits per heavy atom. The first kappa shape index (κ1) is 15.3. The summed E-state index contributed by atoms with van der Waals surface area (Å²) in [7, 11) is 0. The molecule has 2 aromatic rings. The molecule has 0 heterocycles. The molecule has 1 unspecified atom stereocenters. The summed E-state index contributed by atoms with van der Waals surface area (Å²) in [6.45, 7) is 7.45.